The molecule has 0 aliphatic rings. The monoisotopic (exact) mass is 215 g/mol. The van der Waals surface area contributed by atoms with Gasteiger partial charge in [-0.15, -0.1) is 0 Å². The summed E-state index contributed by atoms with van der Waals surface area (Å²) in [6, 6.07) is 0. The zero-order valence-electron chi connectivity index (χ0n) is 8.69. The Hall–Kier alpha value is -0.680. The molecule has 1 unspecified atom stereocenters. The van der Waals surface area contributed by atoms with Gasteiger partial charge in [-0.1, -0.05) is 6.92 Å². The molecule has 0 spiro atoms. The van der Waals surface area contributed by atoms with Gasteiger partial charge in [0.2, 0.25) is 0 Å². The summed E-state index contributed by atoms with van der Waals surface area (Å²) in [7, 11) is 1.24. The van der Waals surface area contributed by atoms with Crippen LogP contribution in [0, 0.1) is 0 Å². The zero-order chi connectivity index (χ0) is 10.4. The summed E-state index contributed by atoms with van der Waals surface area (Å²) in [4.78, 5) is 0. The summed E-state index contributed by atoms with van der Waals surface area (Å²) in [6.45, 7) is 3.54. The van der Waals surface area contributed by atoms with Gasteiger partial charge in [0.15, 0.2) is 0 Å². The van der Waals surface area contributed by atoms with Crippen molar-refractivity contribution in [1.82, 2.24) is 15.1 Å². The molecule has 0 saturated heterocycles. The van der Waals surface area contributed by atoms with E-state index in [2.05, 4.69) is 10.4 Å². The molecule has 1 rings (SSSR count). The van der Waals surface area contributed by atoms with E-state index in [-0.39, 0.29) is 0 Å². The van der Waals surface area contributed by atoms with Crippen molar-refractivity contribution >= 4 is 10.8 Å². The van der Waals surface area contributed by atoms with Gasteiger partial charge in [0.05, 0.1) is 6.20 Å². The van der Waals surface area contributed by atoms with E-state index < -0.39 is 10.8 Å². The lowest BCUT2D eigenvalue weighted by molar-refractivity contribution is 0.673. The Morgan fingerprint density at radius 2 is 2.43 bits per heavy atom. The van der Waals surface area contributed by atoms with Gasteiger partial charge in [-0.25, -0.2) is 0 Å². The van der Waals surface area contributed by atoms with Crippen molar-refractivity contribution < 1.29 is 4.21 Å². The second-order valence-corrected chi connectivity index (χ2v) is 5.00. The summed E-state index contributed by atoms with van der Waals surface area (Å²) in [5.41, 5.74) is 1.16. The van der Waals surface area contributed by atoms with E-state index >= 15 is 0 Å². The Morgan fingerprint density at radius 3 is 3.00 bits per heavy atom. The highest BCUT2D eigenvalue weighted by Gasteiger charge is 1.97. The summed E-state index contributed by atoms with van der Waals surface area (Å²) in [5, 5.41) is 7.30. The quantitative estimate of drug-likeness (QED) is 0.693. The topological polar surface area (TPSA) is 46.9 Å². The first-order valence-electron chi connectivity index (χ1n) is 4.75. The van der Waals surface area contributed by atoms with Gasteiger partial charge in [0.1, 0.15) is 0 Å². The normalized spacial score (nSPS) is 13.0. The molecule has 0 bridgehead atoms. The number of hydrogen-bond acceptors (Lipinski definition) is 3. The molecule has 0 radical (unpaired) electrons. The molecule has 1 N–H and O–H groups in total. The molecule has 80 valence electrons. The number of aromatic nitrogens is 2. The third-order valence-corrected chi connectivity index (χ3v) is 3.22. The second kappa shape index (κ2) is 5.93. The van der Waals surface area contributed by atoms with Crippen LogP contribution in [0.5, 0.6) is 0 Å². The minimum atomic E-state index is -0.663. The van der Waals surface area contributed by atoms with Crippen LogP contribution < -0.4 is 5.32 Å². The average molecular weight is 215 g/mol. The van der Waals surface area contributed by atoms with Crippen molar-refractivity contribution in [3.63, 3.8) is 0 Å². The smallest absolute Gasteiger partial charge is 0.0534 e. The van der Waals surface area contributed by atoms with Crippen molar-refractivity contribution in [2.75, 3.05) is 18.1 Å². The summed E-state index contributed by atoms with van der Waals surface area (Å²) in [6.07, 6.45) is 3.81. The van der Waals surface area contributed by atoms with Crippen LogP contribution in [0.15, 0.2) is 12.4 Å². The lowest BCUT2D eigenvalue weighted by atomic mass is 10.3. The number of nitrogens with zero attached hydrogens (tertiary/aromatic N) is 2. The van der Waals surface area contributed by atoms with E-state index in [1.807, 2.05) is 26.4 Å². The average Bonchev–Trinajstić information content (AvgIpc) is 2.58. The van der Waals surface area contributed by atoms with Crippen molar-refractivity contribution in [2.45, 2.75) is 13.5 Å². The number of rotatable bonds is 6. The Balaban J connectivity index is 2.13. The van der Waals surface area contributed by atoms with Crippen LogP contribution in [-0.2, 0) is 24.4 Å². The van der Waals surface area contributed by atoms with Gasteiger partial charge >= 0.3 is 0 Å². The molecule has 1 aromatic heterocycles. The number of aryl methyl sites for hydroxylation is 1. The van der Waals surface area contributed by atoms with Gasteiger partial charge in [-0.2, -0.15) is 5.10 Å². The Labute approximate surface area is 87.2 Å². The molecule has 0 aliphatic heterocycles. The molecular formula is C9H17N3OS. The molecule has 0 saturated carbocycles. The lowest BCUT2D eigenvalue weighted by Gasteiger charge is -2.01. The second-order valence-electron chi connectivity index (χ2n) is 3.13. The van der Waals surface area contributed by atoms with Gasteiger partial charge in [-0.05, 0) is 0 Å². The third-order valence-electron chi connectivity index (χ3n) is 1.92. The molecule has 14 heavy (non-hydrogen) atoms. The van der Waals surface area contributed by atoms with Crippen LogP contribution in [0.25, 0.3) is 0 Å². The van der Waals surface area contributed by atoms with Crippen molar-refractivity contribution in [2.24, 2.45) is 7.05 Å². The minimum absolute atomic E-state index is 0.663. The fourth-order valence-corrected chi connectivity index (χ4v) is 1.79. The molecule has 4 nitrogen and oxygen atoms in total. The fraction of sp³-hybridized carbons (Fsp3) is 0.667. The Morgan fingerprint density at radius 1 is 1.64 bits per heavy atom. The predicted octanol–water partition coefficient (Wildman–Crippen LogP) is 0.278. The molecule has 1 aromatic rings. The number of hydrogen-bond donors (Lipinski definition) is 1. The third kappa shape index (κ3) is 4.02. The van der Waals surface area contributed by atoms with Crippen LogP contribution in [0.1, 0.15) is 12.5 Å². The largest absolute Gasteiger partial charge is 0.312 e. The number of nitrogens with one attached hydrogen (secondary N) is 1. The van der Waals surface area contributed by atoms with E-state index in [1.54, 1.807) is 4.68 Å². The van der Waals surface area contributed by atoms with Crippen LogP contribution in [0.2, 0.25) is 0 Å². The molecule has 1 atom stereocenters. The van der Waals surface area contributed by atoms with E-state index in [0.717, 1.165) is 30.2 Å². The maximum absolute atomic E-state index is 11.1. The molecule has 0 fully saturated rings. The summed E-state index contributed by atoms with van der Waals surface area (Å²) in [5.74, 6) is 1.48. The molecule has 0 aromatic carbocycles. The van der Waals surface area contributed by atoms with Gasteiger partial charge in [-0.3, -0.25) is 8.89 Å². The van der Waals surface area contributed by atoms with E-state index in [0.29, 0.717) is 0 Å². The van der Waals surface area contributed by atoms with Gasteiger partial charge < -0.3 is 5.32 Å². The molecule has 5 heteroatoms. The first-order chi connectivity index (χ1) is 6.72. The molecule has 0 aliphatic carbocycles. The standard InChI is InChI=1S/C9H17N3OS/c1-3-14(13)5-4-10-6-9-7-11-12(2)8-9/h7-8,10H,3-6H2,1-2H3. The van der Waals surface area contributed by atoms with E-state index in [4.69, 9.17) is 0 Å². The summed E-state index contributed by atoms with van der Waals surface area (Å²) < 4.78 is 12.9. The maximum atomic E-state index is 11.1. The Bertz CT molecular complexity index is 298. The van der Waals surface area contributed by atoms with Crippen molar-refractivity contribution in [3.8, 4) is 0 Å². The van der Waals surface area contributed by atoms with E-state index in [1.165, 1.54) is 0 Å². The van der Waals surface area contributed by atoms with Crippen molar-refractivity contribution in [1.29, 1.82) is 0 Å². The van der Waals surface area contributed by atoms with E-state index in [9.17, 15) is 4.21 Å². The first kappa shape index (κ1) is 11.4. The zero-order valence-corrected chi connectivity index (χ0v) is 9.51. The van der Waals surface area contributed by atoms with Gasteiger partial charge in [0.25, 0.3) is 0 Å². The fourth-order valence-electron chi connectivity index (χ4n) is 1.13. The Kier molecular flexibility index (Phi) is 4.82. The highest BCUT2D eigenvalue weighted by atomic mass is 32.2. The van der Waals surface area contributed by atoms with Crippen LogP contribution in [-0.4, -0.2) is 32.0 Å². The highest BCUT2D eigenvalue weighted by molar-refractivity contribution is 7.84. The van der Waals surface area contributed by atoms with Gasteiger partial charge in [0, 0.05) is 54.2 Å². The first-order valence-corrected chi connectivity index (χ1v) is 6.24. The van der Waals surface area contributed by atoms with Crippen molar-refractivity contribution in [3.05, 3.63) is 18.0 Å². The maximum Gasteiger partial charge on any atom is 0.0534 e. The predicted molar refractivity (Wildman–Crippen MR) is 58.5 cm³/mol. The lowest BCUT2D eigenvalue weighted by Crippen LogP contribution is -2.20. The SMILES string of the molecule is CCS(=O)CCNCc1cnn(C)c1. The summed E-state index contributed by atoms with van der Waals surface area (Å²) >= 11 is 0. The molecule has 0 amide bonds. The molecular weight excluding hydrogens is 198 g/mol. The van der Waals surface area contributed by atoms with Crippen LogP contribution >= 0.6 is 0 Å². The highest BCUT2D eigenvalue weighted by Crippen LogP contribution is 1.94. The minimum Gasteiger partial charge on any atom is -0.312 e. The molecule has 1 heterocycles. The van der Waals surface area contributed by atoms with Crippen LogP contribution in [0.3, 0.4) is 0 Å². The van der Waals surface area contributed by atoms with Crippen LogP contribution in [0.4, 0.5) is 0 Å².